The van der Waals surface area contributed by atoms with Gasteiger partial charge in [0.05, 0.1) is 29.8 Å². The summed E-state index contributed by atoms with van der Waals surface area (Å²) in [5.41, 5.74) is 5.76. The Bertz CT molecular complexity index is 885. The summed E-state index contributed by atoms with van der Waals surface area (Å²) in [5.74, 6) is 0.0629. The highest BCUT2D eigenvalue weighted by molar-refractivity contribution is 5.96. The van der Waals surface area contributed by atoms with Gasteiger partial charge in [0.25, 0.3) is 5.91 Å². The van der Waals surface area contributed by atoms with Crippen LogP contribution >= 0.6 is 0 Å². The lowest BCUT2D eigenvalue weighted by atomic mass is 10.1. The quantitative estimate of drug-likeness (QED) is 0.847. The van der Waals surface area contributed by atoms with Crippen LogP contribution in [0.25, 0.3) is 0 Å². The molecule has 1 aromatic carbocycles. The van der Waals surface area contributed by atoms with Crippen molar-refractivity contribution in [3.05, 3.63) is 57.9 Å². The normalized spacial score (nSPS) is 19.1. The number of carbonyl (C=O) groups is 1. The van der Waals surface area contributed by atoms with E-state index in [1.165, 1.54) is 0 Å². The first kappa shape index (κ1) is 15.9. The van der Waals surface area contributed by atoms with E-state index in [-0.39, 0.29) is 5.91 Å². The molecule has 0 radical (unpaired) electrons. The third-order valence-corrected chi connectivity index (χ3v) is 5.33. The molecule has 2 aliphatic rings. The number of nitriles is 1. The van der Waals surface area contributed by atoms with E-state index in [0.29, 0.717) is 24.7 Å². The molecule has 0 bridgehead atoms. The van der Waals surface area contributed by atoms with Crippen molar-refractivity contribution < 1.29 is 9.53 Å². The number of benzene rings is 1. The number of hydrogen-bond acceptors (Lipinski definition) is 3. The minimum Gasteiger partial charge on any atom is -0.379 e. The Morgan fingerprint density at radius 2 is 2.04 bits per heavy atom. The fourth-order valence-corrected chi connectivity index (χ4v) is 4.06. The molecule has 0 N–H and O–H groups in total. The number of hydrogen-bond donors (Lipinski definition) is 0. The lowest BCUT2D eigenvalue weighted by Crippen LogP contribution is -2.26. The zero-order valence-electron chi connectivity index (χ0n) is 14.6. The van der Waals surface area contributed by atoms with Crippen LogP contribution in [0.1, 0.15) is 50.9 Å². The predicted octanol–water partition coefficient (Wildman–Crippen LogP) is 3.09. The summed E-state index contributed by atoms with van der Waals surface area (Å²) in [7, 11) is 0. The molecule has 0 saturated carbocycles. The molecule has 2 aromatic rings. The highest BCUT2D eigenvalue weighted by Gasteiger charge is 2.29. The average molecular weight is 335 g/mol. The van der Waals surface area contributed by atoms with E-state index < -0.39 is 0 Å². The van der Waals surface area contributed by atoms with Crippen LogP contribution in [0.3, 0.4) is 0 Å². The van der Waals surface area contributed by atoms with E-state index in [1.54, 1.807) is 0 Å². The molecule has 4 rings (SSSR count). The summed E-state index contributed by atoms with van der Waals surface area (Å²) >= 11 is 0. The Balaban J connectivity index is 1.60. The Morgan fingerprint density at radius 1 is 1.24 bits per heavy atom. The van der Waals surface area contributed by atoms with Gasteiger partial charge in [0.15, 0.2) is 0 Å². The number of carbonyl (C=O) groups excluding carboxylic acids is 1. The Kier molecular flexibility index (Phi) is 3.85. The Morgan fingerprint density at radius 3 is 2.76 bits per heavy atom. The first-order valence-electron chi connectivity index (χ1n) is 8.66. The summed E-state index contributed by atoms with van der Waals surface area (Å²) in [4.78, 5) is 15.0. The minimum absolute atomic E-state index is 0.0629. The van der Waals surface area contributed by atoms with Gasteiger partial charge >= 0.3 is 0 Å². The SMILES string of the molecule is Cc1cc(C(=O)N2Cc3ccc(C#N)cc3C2)c(C)n1C1CCOC1. The standard InChI is InChI=1S/C20H21N3O2/c1-13-7-19(14(2)23(13)18-5-6-25-12-18)20(24)22-10-16-4-3-15(9-21)8-17(16)11-22/h3-4,7-8,18H,5-6,10-12H2,1-2H3. The molecule has 3 heterocycles. The molecule has 2 aliphatic heterocycles. The second kappa shape index (κ2) is 6.05. The van der Waals surface area contributed by atoms with Crippen molar-refractivity contribution in [2.75, 3.05) is 13.2 Å². The highest BCUT2D eigenvalue weighted by Crippen LogP contribution is 2.30. The number of nitrogens with zero attached hydrogens (tertiary/aromatic N) is 3. The molecular weight excluding hydrogens is 314 g/mol. The fraction of sp³-hybridized carbons (Fsp3) is 0.400. The molecule has 1 aromatic heterocycles. The Labute approximate surface area is 147 Å². The van der Waals surface area contributed by atoms with Gasteiger partial charge in [-0.05, 0) is 49.6 Å². The van der Waals surface area contributed by atoms with Gasteiger partial charge in [-0.2, -0.15) is 5.26 Å². The smallest absolute Gasteiger partial charge is 0.256 e. The van der Waals surface area contributed by atoms with Gasteiger partial charge in [0.1, 0.15) is 0 Å². The number of fused-ring (bicyclic) bond motifs is 1. The largest absolute Gasteiger partial charge is 0.379 e. The van der Waals surface area contributed by atoms with E-state index in [1.807, 2.05) is 36.1 Å². The molecular formula is C20H21N3O2. The first-order valence-corrected chi connectivity index (χ1v) is 8.66. The van der Waals surface area contributed by atoms with Crippen molar-refractivity contribution in [2.45, 2.75) is 39.4 Å². The molecule has 5 nitrogen and oxygen atoms in total. The number of aromatic nitrogens is 1. The second-order valence-corrected chi connectivity index (χ2v) is 6.93. The van der Waals surface area contributed by atoms with Gasteiger partial charge in [-0.25, -0.2) is 0 Å². The Hall–Kier alpha value is -2.58. The van der Waals surface area contributed by atoms with Crippen molar-refractivity contribution in [1.29, 1.82) is 5.26 Å². The van der Waals surface area contributed by atoms with Gasteiger partial charge in [0, 0.05) is 31.1 Å². The van der Waals surface area contributed by atoms with Crippen molar-refractivity contribution in [1.82, 2.24) is 9.47 Å². The molecule has 1 amide bonds. The summed E-state index contributed by atoms with van der Waals surface area (Å²) in [6, 6.07) is 10.2. The van der Waals surface area contributed by atoms with Crippen molar-refractivity contribution in [3.63, 3.8) is 0 Å². The molecule has 1 fully saturated rings. The maximum atomic E-state index is 13.1. The van der Waals surface area contributed by atoms with E-state index in [9.17, 15) is 4.79 Å². The molecule has 0 aliphatic carbocycles. The van der Waals surface area contributed by atoms with Gasteiger partial charge in [-0.3, -0.25) is 4.79 Å². The summed E-state index contributed by atoms with van der Waals surface area (Å²) < 4.78 is 7.76. The monoisotopic (exact) mass is 335 g/mol. The third kappa shape index (κ3) is 2.63. The van der Waals surface area contributed by atoms with Crippen LogP contribution in [0.4, 0.5) is 0 Å². The van der Waals surface area contributed by atoms with Gasteiger partial charge in [0.2, 0.25) is 0 Å². The summed E-state index contributed by atoms with van der Waals surface area (Å²) in [6.45, 7) is 6.76. The van der Waals surface area contributed by atoms with E-state index in [2.05, 4.69) is 17.6 Å². The molecule has 5 heteroatoms. The van der Waals surface area contributed by atoms with Crippen molar-refractivity contribution in [2.24, 2.45) is 0 Å². The van der Waals surface area contributed by atoms with Crippen LogP contribution in [-0.2, 0) is 17.8 Å². The lowest BCUT2D eigenvalue weighted by molar-refractivity contribution is 0.0750. The van der Waals surface area contributed by atoms with Crippen LogP contribution in [0.2, 0.25) is 0 Å². The van der Waals surface area contributed by atoms with Crippen LogP contribution in [0.5, 0.6) is 0 Å². The summed E-state index contributed by atoms with van der Waals surface area (Å²) in [5, 5.41) is 9.05. The van der Waals surface area contributed by atoms with Gasteiger partial charge in [-0.15, -0.1) is 0 Å². The van der Waals surface area contributed by atoms with Crippen LogP contribution in [0, 0.1) is 25.2 Å². The molecule has 1 atom stereocenters. The summed E-state index contributed by atoms with van der Waals surface area (Å²) in [6.07, 6.45) is 0.996. The topological polar surface area (TPSA) is 58.3 Å². The predicted molar refractivity (Wildman–Crippen MR) is 93.1 cm³/mol. The number of aryl methyl sites for hydroxylation is 1. The van der Waals surface area contributed by atoms with Crippen molar-refractivity contribution in [3.8, 4) is 6.07 Å². The molecule has 0 spiro atoms. The maximum absolute atomic E-state index is 13.1. The van der Waals surface area contributed by atoms with E-state index in [4.69, 9.17) is 10.00 Å². The van der Waals surface area contributed by atoms with E-state index >= 15 is 0 Å². The minimum atomic E-state index is 0.0629. The van der Waals surface area contributed by atoms with Crippen LogP contribution < -0.4 is 0 Å². The molecule has 1 unspecified atom stereocenters. The molecule has 25 heavy (non-hydrogen) atoms. The maximum Gasteiger partial charge on any atom is 0.256 e. The first-order chi connectivity index (χ1) is 12.1. The highest BCUT2D eigenvalue weighted by atomic mass is 16.5. The second-order valence-electron chi connectivity index (χ2n) is 6.93. The van der Waals surface area contributed by atoms with Gasteiger partial charge < -0.3 is 14.2 Å². The van der Waals surface area contributed by atoms with Crippen molar-refractivity contribution >= 4 is 5.91 Å². The molecule has 128 valence electrons. The van der Waals surface area contributed by atoms with E-state index in [0.717, 1.165) is 47.7 Å². The zero-order valence-corrected chi connectivity index (χ0v) is 14.6. The lowest BCUT2D eigenvalue weighted by Gasteiger charge is -2.18. The zero-order chi connectivity index (χ0) is 17.6. The van der Waals surface area contributed by atoms with Crippen LogP contribution in [0.15, 0.2) is 24.3 Å². The molecule has 1 saturated heterocycles. The fourth-order valence-electron chi connectivity index (χ4n) is 4.06. The number of rotatable bonds is 2. The van der Waals surface area contributed by atoms with Gasteiger partial charge in [-0.1, -0.05) is 6.07 Å². The average Bonchev–Trinajstić information content (AvgIpc) is 3.32. The number of ether oxygens (including phenoxy) is 1. The third-order valence-electron chi connectivity index (χ3n) is 5.33. The van der Waals surface area contributed by atoms with Crippen LogP contribution in [-0.4, -0.2) is 28.6 Å². The number of amides is 1.